The van der Waals surface area contributed by atoms with E-state index >= 15 is 0 Å². The van der Waals surface area contributed by atoms with E-state index in [1.165, 1.54) is 0 Å². The van der Waals surface area contributed by atoms with Gasteiger partial charge >= 0.3 is 5.88 Å². The van der Waals surface area contributed by atoms with Crippen LogP contribution in [-0.2, 0) is 0 Å². The highest BCUT2D eigenvalue weighted by Crippen LogP contribution is 2.41. The summed E-state index contributed by atoms with van der Waals surface area (Å²) in [4.78, 5) is 10.8. The topological polar surface area (TPSA) is 65.5 Å². The van der Waals surface area contributed by atoms with Gasteiger partial charge in [-0.05, 0) is 37.6 Å². The van der Waals surface area contributed by atoms with Crippen molar-refractivity contribution in [3.63, 3.8) is 0 Å². The molecule has 0 aliphatic carbocycles. The fraction of sp³-hybridized carbons (Fsp3) is 0.176. The third kappa shape index (κ3) is 2.53. The molecule has 0 spiro atoms. The first-order chi connectivity index (χ1) is 10.6. The van der Waals surface area contributed by atoms with E-state index < -0.39 is 4.92 Å². The molecular weight excluding hydrogens is 282 g/mol. The fourth-order valence-corrected chi connectivity index (χ4v) is 2.42. The van der Waals surface area contributed by atoms with E-state index in [2.05, 4.69) is 0 Å². The van der Waals surface area contributed by atoms with E-state index in [9.17, 15) is 10.1 Å². The van der Waals surface area contributed by atoms with Crippen molar-refractivity contribution in [2.45, 2.75) is 20.0 Å². The molecule has 0 aliphatic heterocycles. The number of nitro groups is 1. The predicted octanol–water partition coefficient (Wildman–Crippen LogP) is 4.80. The SMILES string of the molecule is CC(C)Oc1ccc2oc([N+](=O)[O-])c(-c3ccccc3)c2c1. The zero-order chi connectivity index (χ0) is 15.7. The van der Waals surface area contributed by atoms with Gasteiger partial charge in [-0.15, -0.1) is 0 Å². The minimum Gasteiger partial charge on any atom is -0.491 e. The molecule has 1 heterocycles. The summed E-state index contributed by atoms with van der Waals surface area (Å²) in [5, 5.41) is 12.0. The molecule has 0 radical (unpaired) electrons. The van der Waals surface area contributed by atoms with Gasteiger partial charge in [-0.1, -0.05) is 30.3 Å². The lowest BCUT2D eigenvalue weighted by Crippen LogP contribution is -2.05. The molecule has 0 saturated heterocycles. The van der Waals surface area contributed by atoms with Crippen LogP contribution in [0.25, 0.3) is 22.1 Å². The molecule has 5 nitrogen and oxygen atoms in total. The summed E-state index contributed by atoms with van der Waals surface area (Å²) in [5.74, 6) is 0.415. The molecule has 0 aliphatic rings. The van der Waals surface area contributed by atoms with Gasteiger partial charge in [0.15, 0.2) is 0 Å². The number of hydrogen-bond donors (Lipinski definition) is 0. The number of hydrogen-bond acceptors (Lipinski definition) is 4. The van der Waals surface area contributed by atoms with Crippen LogP contribution < -0.4 is 4.74 Å². The first-order valence-electron chi connectivity index (χ1n) is 6.99. The van der Waals surface area contributed by atoms with Gasteiger partial charge in [-0.2, -0.15) is 0 Å². The Morgan fingerprint density at radius 2 is 1.86 bits per heavy atom. The van der Waals surface area contributed by atoms with Crippen LogP contribution in [0, 0.1) is 10.1 Å². The maximum absolute atomic E-state index is 11.3. The Bertz CT molecular complexity index is 821. The summed E-state index contributed by atoms with van der Waals surface area (Å²) in [6.45, 7) is 3.86. The summed E-state index contributed by atoms with van der Waals surface area (Å²) in [6.07, 6.45) is 0.0273. The molecule has 0 atom stereocenters. The van der Waals surface area contributed by atoms with Gasteiger partial charge < -0.3 is 9.15 Å². The van der Waals surface area contributed by atoms with Crippen LogP contribution in [-0.4, -0.2) is 11.0 Å². The molecule has 0 unspecified atom stereocenters. The van der Waals surface area contributed by atoms with Crippen LogP contribution in [0.1, 0.15) is 13.8 Å². The van der Waals surface area contributed by atoms with Crippen molar-refractivity contribution >= 4 is 16.9 Å². The third-order valence-electron chi connectivity index (χ3n) is 3.24. The molecule has 0 N–H and O–H groups in total. The van der Waals surface area contributed by atoms with Crippen LogP contribution in [0.2, 0.25) is 0 Å². The second kappa shape index (κ2) is 5.52. The largest absolute Gasteiger partial charge is 0.491 e. The van der Waals surface area contributed by atoms with Gasteiger partial charge in [0.2, 0.25) is 0 Å². The molecule has 3 aromatic rings. The quantitative estimate of drug-likeness (QED) is 0.512. The molecule has 0 amide bonds. The van der Waals surface area contributed by atoms with Crippen molar-refractivity contribution in [1.29, 1.82) is 0 Å². The van der Waals surface area contributed by atoms with Gasteiger partial charge in [-0.25, -0.2) is 0 Å². The lowest BCUT2D eigenvalue weighted by molar-refractivity contribution is -0.400. The van der Waals surface area contributed by atoms with Gasteiger partial charge in [0, 0.05) is 5.39 Å². The molecule has 112 valence electrons. The van der Waals surface area contributed by atoms with Gasteiger partial charge in [-0.3, -0.25) is 10.1 Å². The van der Waals surface area contributed by atoms with Crippen molar-refractivity contribution in [2.24, 2.45) is 0 Å². The Morgan fingerprint density at radius 1 is 1.14 bits per heavy atom. The molecule has 0 saturated carbocycles. The molecule has 0 bridgehead atoms. The maximum atomic E-state index is 11.3. The monoisotopic (exact) mass is 297 g/mol. The number of benzene rings is 2. The zero-order valence-electron chi connectivity index (χ0n) is 12.3. The summed E-state index contributed by atoms with van der Waals surface area (Å²) < 4.78 is 11.1. The van der Waals surface area contributed by atoms with Crippen molar-refractivity contribution in [3.8, 4) is 16.9 Å². The van der Waals surface area contributed by atoms with Crippen LogP contribution in [0.3, 0.4) is 0 Å². The number of rotatable bonds is 4. The summed E-state index contributed by atoms with van der Waals surface area (Å²) in [5.41, 5.74) is 1.70. The highest BCUT2D eigenvalue weighted by atomic mass is 16.6. The Morgan fingerprint density at radius 3 is 2.50 bits per heavy atom. The van der Waals surface area contributed by atoms with Crippen molar-refractivity contribution in [2.75, 3.05) is 0 Å². The normalized spacial score (nSPS) is 11.0. The Labute approximate surface area is 127 Å². The first kappa shape index (κ1) is 14.1. The van der Waals surface area contributed by atoms with Gasteiger partial charge in [0.1, 0.15) is 21.8 Å². The van der Waals surface area contributed by atoms with Crippen molar-refractivity contribution in [1.82, 2.24) is 0 Å². The summed E-state index contributed by atoms with van der Waals surface area (Å²) in [6, 6.07) is 14.4. The minimum atomic E-state index is -0.495. The fourth-order valence-electron chi connectivity index (χ4n) is 2.42. The van der Waals surface area contributed by atoms with E-state index in [1.54, 1.807) is 18.2 Å². The molecule has 1 aromatic heterocycles. The predicted molar refractivity (Wildman–Crippen MR) is 84.1 cm³/mol. The van der Waals surface area contributed by atoms with E-state index in [0.717, 1.165) is 5.56 Å². The molecule has 5 heteroatoms. The number of ether oxygens (including phenoxy) is 1. The van der Waals surface area contributed by atoms with Crippen LogP contribution in [0.4, 0.5) is 5.88 Å². The highest BCUT2D eigenvalue weighted by molar-refractivity contribution is 5.99. The van der Waals surface area contributed by atoms with Crippen molar-refractivity contribution in [3.05, 3.63) is 58.6 Å². The van der Waals surface area contributed by atoms with Crippen LogP contribution in [0.15, 0.2) is 52.9 Å². The van der Waals surface area contributed by atoms with Gasteiger partial charge in [0.05, 0.1) is 6.10 Å². The first-order valence-corrected chi connectivity index (χ1v) is 6.99. The number of fused-ring (bicyclic) bond motifs is 1. The van der Waals surface area contributed by atoms with Crippen LogP contribution >= 0.6 is 0 Å². The maximum Gasteiger partial charge on any atom is 0.442 e. The van der Waals surface area contributed by atoms with Gasteiger partial charge in [0.25, 0.3) is 0 Å². The molecule has 22 heavy (non-hydrogen) atoms. The summed E-state index contributed by atoms with van der Waals surface area (Å²) in [7, 11) is 0. The van der Waals surface area contributed by atoms with E-state index in [0.29, 0.717) is 22.3 Å². The standard InChI is InChI=1S/C17H15NO4/c1-11(2)21-13-8-9-15-14(10-13)16(17(22-15)18(19)20)12-6-4-3-5-7-12/h3-11H,1-2H3. The molecule has 3 rings (SSSR count). The summed E-state index contributed by atoms with van der Waals surface area (Å²) >= 11 is 0. The minimum absolute atomic E-state index is 0.0273. The Balaban J connectivity index is 2.25. The smallest absolute Gasteiger partial charge is 0.442 e. The lowest BCUT2D eigenvalue weighted by atomic mass is 10.0. The number of furan rings is 1. The average Bonchev–Trinajstić information content (AvgIpc) is 2.86. The van der Waals surface area contributed by atoms with E-state index in [1.807, 2.05) is 44.2 Å². The lowest BCUT2D eigenvalue weighted by Gasteiger charge is -2.09. The highest BCUT2D eigenvalue weighted by Gasteiger charge is 2.25. The van der Waals surface area contributed by atoms with Crippen molar-refractivity contribution < 1.29 is 14.1 Å². The third-order valence-corrected chi connectivity index (χ3v) is 3.24. The number of nitrogens with zero attached hydrogens (tertiary/aromatic N) is 1. The molecule has 2 aromatic carbocycles. The second-order valence-corrected chi connectivity index (χ2v) is 5.23. The van der Waals surface area contributed by atoms with E-state index in [4.69, 9.17) is 9.15 Å². The van der Waals surface area contributed by atoms with E-state index in [-0.39, 0.29) is 12.0 Å². The zero-order valence-corrected chi connectivity index (χ0v) is 12.3. The second-order valence-electron chi connectivity index (χ2n) is 5.23. The molecular formula is C17H15NO4. The van der Waals surface area contributed by atoms with Crippen LogP contribution in [0.5, 0.6) is 5.75 Å². The molecule has 0 fully saturated rings. The Kier molecular flexibility index (Phi) is 3.55. The average molecular weight is 297 g/mol. The Hall–Kier alpha value is -2.82.